The van der Waals surface area contributed by atoms with E-state index in [1.807, 2.05) is 0 Å². The van der Waals surface area contributed by atoms with Crippen molar-refractivity contribution in [3.05, 3.63) is 27.8 Å². The van der Waals surface area contributed by atoms with Gasteiger partial charge in [0, 0.05) is 12.0 Å². The smallest absolute Gasteiger partial charge is 0.326 e. The van der Waals surface area contributed by atoms with Crippen molar-refractivity contribution in [3.63, 3.8) is 0 Å². The Balaban J connectivity index is 2.42. The van der Waals surface area contributed by atoms with Gasteiger partial charge in [-0.15, -0.1) is 0 Å². The van der Waals surface area contributed by atoms with Gasteiger partial charge < -0.3 is 20.3 Å². The van der Waals surface area contributed by atoms with E-state index in [9.17, 15) is 20.0 Å². The van der Waals surface area contributed by atoms with E-state index in [0.29, 0.717) is 12.0 Å². The molecule has 0 heterocycles. The largest absolute Gasteiger partial charge is 0.500 e. The summed E-state index contributed by atoms with van der Waals surface area (Å²) in [5.41, 5.74) is 4.68. The van der Waals surface area contributed by atoms with Crippen molar-refractivity contribution in [1.29, 1.82) is 0 Å². The van der Waals surface area contributed by atoms with E-state index in [0.717, 1.165) is 0 Å². The maximum absolute atomic E-state index is 11.6. The summed E-state index contributed by atoms with van der Waals surface area (Å²) in [4.78, 5) is 21.7. The van der Waals surface area contributed by atoms with Crippen molar-refractivity contribution in [2.75, 3.05) is 14.2 Å². The predicted molar refractivity (Wildman–Crippen MR) is 67.6 cm³/mol. The standard InChI is InChI=1S/C12H14N2O6/c1-19-9-4-6(3-8(10(9)15)14(17)18)7-5-12(7,13)11(16)20-2/h3-4,7,15H,5,13H2,1-2H3. The molecule has 0 bridgehead atoms. The van der Waals surface area contributed by atoms with Crippen LogP contribution in [0.15, 0.2) is 12.1 Å². The minimum atomic E-state index is -1.18. The van der Waals surface area contributed by atoms with Gasteiger partial charge in [0.05, 0.1) is 19.1 Å². The monoisotopic (exact) mass is 282 g/mol. The number of nitro benzene ring substituents is 1. The van der Waals surface area contributed by atoms with Gasteiger partial charge in [-0.1, -0.05) is 0 Å². The fraction of sp³-hybridized carbons (Fsp3) is 0.417. The molecule has 8 nitrogen and oxygen atoms in total. The van der Waals surface area contributed by atoms with Gasteiger partial charge in [-0.2, -0.15) is 0 Å². The summed E-state index contributed by atoms with van der Waals surface area (Å²) in [7, 11) is 2.51. The number of rotatable bonds is 4. The van der Waals surface area contributed by atoms with Gasteiger partial charge >= 0.3 is 11.7 Å². The van der Waals surface area contributed by atoms with E-state index in [-0.39, 0.29) is 5.75 Å². The second-order valence-corrected chi connectivity index (χ2v) is 4.64. The number of esters is 1. The molecule has 8 heteroatoms. The molecule has 3 N–H and O–H groups in total. The van der Waals surface area contributed by atoms with Gasteiger partial charge in [-0.05, 0) is 18.1 Å². The van der Waals surface area contributed by atoms with Crippen LogP contribution in [0.1, 0.15) is 17.9 Å². The number of carbonyl (C=O) groups excluding carboxylic acids is 1. The van der Waals surface area contributed by atoms with Crippen molar-refractivity contribution in [2.45, 2.75) is 17.9 Å². The Labute approximate surface area is 114 Å². The highest BCUT2D eigenvalue weighted by Crippen LogP contribution is 2.52. The van der Waals surface area contributed by atoms with E-state index in [1.165, 1.54) is 26.4 Å². The Morgan fingerprint density at radius 1 is 1.55 bits per heavy atom. The first-order valence-corrected chi connectivity index (χ1v) is 5.77. The molecule has 1 fully saturated rings. The molecule has 2 rings (SSSR count). The van der Waals surface area contributed by atoms with Gasteiger partial charge in [0.15, 0.2) is 5.75 Å². The van der Waals surface area contributed by atoms with Gasteiger partial charge in [0.25, 0.3) is 0 Å². The lowest BCUT2D eigenvalue weighted by molar-refractivity contribution is -0.386. The molecule has 2 unspecified atom stereocenters. The number of aromatic hydroxyl groups is 1. The zero-order valence-corrected chi connectivity index (χ0v) is 11.0. The second kappa shape index (κ2) is 4.64. The third-order valence-electron chi connectivity index (χ3n) is 3.47. The number of nitrogens with two attached hydrogens (primary N) is 1. The van der Waals surface area contributed by atoms with Crippen molar-refractivity contribution >= 4 is 11.7 Å². The summed E-state index contributed by atoms with van der Waals surface area (Å²) in [6.07, 6.45) is 0.324. The number of phenolic OH excluding ortho intramolecular Hbond substituents is 1. The van der Waals surface area contributed by atoms with Crippen LogP contribution in [-0.2, 0) is 9.53 Å². The lowest BCUT2D eigenvalue weighted by Gasteiger charge is -2.10. The molecule has 1 aliphatic rings. The highest BCUT2D eigenvalue weighted by Gasteiger charge is 2.59. The summed E-state index contributed by atoms with van der Waals surface area (Å²) in [6.45, 7) is 0. The number of ether oxygens (including phenoxy) is 2. The first-order valence-electron chi connectivity index (χ1n) is 5.77. The molecule has 20 heavy (non-hydrogen) atoms. The van der Waals surface area contributed by atoms with E-state index >= 15 is 0 Å². The van der Waals surface area contributed by atoms with Crippen molar-refractivity contribution < 1.29 is 24.3 Å². The SMILES string of the molecule is COC(=O)C1(N)CC1c1cc(OC)c(O)c([N+](=O)[O-])c1. The third kappa shape index (κ3) is 2.03. The molecule has 0 aliphatic heterocycles. The maximum atomic E-state index is 11.6. The molecule has 0 amide bonds. The molecule has 108 valence electrons. The molecule has 1 aromatic carbocycles. The molecule has 2 atom stereocenters. The van der Waals surface area contributed by atoms with E-state index in [4.69, 9.17) is 10.5 Å². The van der Waals surface area contributed by atoms with E-state index < -0.39 is 33.8 Å². The topological polar surface area (TPSA) is 125 Å². The van der Waals surface area contributed by atoms with Crippen LogP contribution < -0.4 is 10.5 Å². The first kappa shape index (κ1) is 14.1. The van der Waals surface area contributed by atoms with Crippen LogP contribution in [-0.4, -0.2) is 35.8 Å². The molecule has 1 saturated carbocycles. The van der Waals surface area contributed by atoms with Crippen molar-refractivity contribution in [1.82, 2.24) is 0 Å². The van der Waals surface area contributed by atoms with Gasteiger partial charge in [-0.25, -0.2) is 0 Å². The van der Waals surface area contributed by atoms with Crippen molar-refractivity contribution in [3.8, 4) is 11.5 Å². The normalized spacial score (nSPS) is 24.1. The summed E-state index contributed by atoms with van der Waals surface area (Å²) >= 11 is 0. The number of phenols is 1. The van der Waals surface area contributed by atoms with E-state index in [2.05, 4.69) is 4.74 Å². The number of carbonyl (C=O) groups is 1. The summed E-state index contributed by atoms with van der Waals surface area (Å²) in [5.74, 6) is -1.56. The van der Waals surface area contributed by atoms with Crippen LogP contribution in [0, 0.1) is 10.1 Å². The Kier molecular flexibility index (Phi) is 3.26. The quantitative estimate of drug-likeness (QED) is 0.472. The lowest BCUT2D eigenvalue weighted by Crippen LogP contribution is -2.35. The summed E-state index contributed by atoms with van der Waals surface area (Å²) in [5, 5.41) is 20.6. The van der Waals surface area contributed by atoms with Gasteiger partial charge in [0.2, 0.25) is 5.75 Å². The molecule has 0 radical (unpaired) electrons. The number of nitro groups is 1. The zero-order chi connectivity index (χ0) is 15.1. The molecular formula is C12H14N2O6. The third-order valence-corrected chi connectivity index (χ3v) is 3.47. The highest BCUT2D eigenvalue weighted by molar-refractivity contribution is 5.86. The molecule has 0 saturated heterocycles. The molecule has 1 aliphatic carbocycles. The fourth-order valence-corrected chi connectivity index (χ4v) is 2.22. The summed E-state index contributed by atoms with van der Waals surface area (Å²) in [6, 6.07) is 2.63. The average molecular weight is 282 g/mol. The van der Waals surface area contributed by atoms with Gasteiger partial charge in [0.1, 0.15) is 5.54 Å². The van der Waals surface area contributed by atoms with Crippen LogP contribution >= 0.6 is 0 Å². The highest BCUT2D eigenvalue weighted by atomic mass is 16.6. The Bertz CT molecular complexity index is 588. The fourth-order valence-electron chi connectivity index (χ4n) is 2.22. The summed E-state index contributed by atoms with van der Waals surface area (Å²) < 4.78 is 9.51. The minimum absolute atomic E-state index is 0.0340. The molecular weight excluding hydrogens is 268 g/mol. The number of benzene rings is 1. The lowest BCUT2D eigenvalue weighted by atomic mass is 10.0. The first-order chi connectivity index (χ1) is 9.35. The van der Waals surface area contributed by atoms with Crippen LogP contribution in [0.5, 0.6) is 11.5 Å². The Hall–Kier alpha value is -2.35. The number of hydrogen-bond acceptors (Lipinski definition) is 7. The average Bonchev–Trinajstić information content (AvgIpc) is 3.11. The van der Waals surface area contributed by atoms with Crippen molar-refractivity contribution in [2.24, 2.45) is 5.73 Å². The number of nitrogens with zero attached hydrogens (tertiary/aromatic N) is 1. The maximum Gasteiger partial charge on any atom is 0.326 e. The van der Waals surface area contributed by atoms with Crippen LogP contribution in [0.25, 0.3) is 0 Å². The second-order valence-electron chi connectivity index (χ2n) is 4.64. The number of methoxy groups -OCH3 is 2. The Morgan fingerprint density at radius 3 is 2.70 bits per heavy atom. The van der Waals surface area contributed by atoms with E-state index in [1.54, 1.807) is 0 Å². The molecule has 1 aromatic rings. The predicted octanol–water partition coefficient (Wildman–Crippen LogP) is 0.667. The molecule has 0 spiro atoms. The van der Waals surface area contributed by atoms with Gasteiger partial charge in [-0.3, -0.25) is 14.9 Å². The van der Waals surface area contributed by atoms with Crippen LogP contribution in [0.2, 0.25) is 0 Å². The zero-order valence-electron chi connectivity index (χ0n) is 11.0. The molecule has 0 aromatic heterocycles. The number of hydrogen-bond donors (Lipinski definition) is 2. The Morgan fingerprint density at radius 2 is 2.20 bits per heavy atom. The van der Waals surface area contributed by atoms with Crippen LogP contribution in [0.3, 0.4) is 0 Å². The minimum Gasteiger partial charge on any atom is -0.500 e. The van der Waals surface area contributed by atoms with Crippen LogP contribution in [0.4, 0.5) is 5.69 Å².